The molecule has 0 aliphatic carbocycles. The van der Waals surface area contributed by atoms with Crippen LogP contribution < -0.4 is 4.74 Å². The van der Waals surface area contributed by atoms with Crippen molar-refractivity contribution >= 4 is 11.8 Å². The highest BCUT2D eigenvalue weighted by molar-refractivity contribution is 7.98. The first kappa shape index (κ1) is 22.2. The molecule has 0 unspecified atom stereocenters. The summed E-state index contributed by atoms with van der Waals surface area (Å²) in [5.41, 5.74) is 4.82. The van der Waals surface area contributed by atoms with Gasteiger partial charge in [-0.05, 0) is 47.7 Å². The van der Waals surface area contributed by atoms with Crippen molar-refractivity contribution in [2.75, 3.05) is 6.61 Å². The molecule has 4 rings (SSSR count). The van der Waals surface area contributed by atoms with Crippen LogP contribution in [0.2, 0.25) is 0 Å². The quantitative estimate of drug-likeness (QED) is 0.291. The molecule has 1 heterocycles. The van der Waals surface area contributed by atoms with Crippen LogP contribution in [0.5, 0.6) is 5.75 Å². The van der Waals surface area contributed by atoms with E-state index < -0.39 is 0 Å². The molecule has 0 saturated carbocycles. The van der Waals surface area contributed by atoms with Gasteiger partial charge >= 0.3 is 0 Å². The normalized spacial score (nSPS) is 11.5. The summed E-state index contributed by atoms with van der Waals surface area (Å²) in [6, 6.07) is 27.2. The van der Waals surface area contributed by atoms with Gasteiger partial charge < -0.3 is 4.74 Å². The number of aromatic nitrogens is 3. The fourth-order valence-corrected chi connectivity index (χ4v) is 4.39. The molecule has 0 N–H and O–H groups in total. The molecule has 0 aliphatic rings. The molecule has 32 heavy (non-hydrogen) atoms. The lowest BCUT2D eigenvalue weighted by atomic mass is 9.87. The van der Waals surface area contributed by atoms with Crippen molar-refractivity contribution in [3.8, 4) is 22.8 Å². The standard InChI is InChI=1S/C27H29N3OS/c1-5-31-24-17-15-23(16-18-24)30-25(21-9-7-6-8-10-21)28-29-26(30)32-19-20-11-13-22(14-12-20)27(2,3)4/h6-18H,5,19H2,1-4H3. The zero-order chi connectivity index (χ0) is 22.6. The third-order valence-electron chi connectivity index (χ3n) is 5.26. The minimum atomic E-state index is 0.157. The Labute approximate surface area is 194 Å². The molecule has 5 heteroatoms. The second-order valence-electron chi connectivity index (χ2n) is 8.67. The van der Waals surface area contributed by atoms with Gasteiger partial charge in [0.1, 0.15) is 5.75 Å². The van der Waals surface area contributed by atoms with Crippen molar-refractivity contribution in [1.29, 1.82) is 0 Å². The van der Waals surface area contributed by atoms with E-state index in [2.05, 4.69) is 84.1 Å². The van der Waals surface area contributed by atoms with Crippen LogP contribution >= 0.6 is 11.8 Å². The summed E-state index contributed by atoms with van der Waals surface area (Å²) < 4.78 is 7.74. The van der Waals surface area contributed by atoms with Crippen molar-refractivity contribution in [1.82, 2.24) is 14.8 Å². The first-order valence-corrected chi connectivity index (χ1v) is 11.9. The minimum absolute atomic E-state index is 0.157. The van der Waals surface area contributed by atoms with Crippen LogP contribution in [-0.2, 0) is 11.2 Å². The van der Waals surface area contributed by atoms with E-state index in [-0.39, 0.29) is 5.41 Å². The monoisotopic (exact) mass is 443 g/mol. The smallest absolute Gasteiger partial charge is 0.196 e. The maximum Gasteiger partial charge on any atom is 0.196 e. The number of hydrogen-bond acceptors (Lipinski definition) is 4. The molecular formula is C27H29N3OS. The predicted molar refractivity (Wildman–Crippen MR) is 133 cm³/mol. The van der Waals surface area contributed by atoms with Crippen molar-refractivity contribution in [3.63, 3.8) is 0 Å². The lowest BCUT2D eigenvalue weighted by Gasteiger charge is -2.19. The summed E-state index contributed by atoms with van der Waals surface area (Å²) in [5.74, 6) is 2.52. The Balaban J connectivity index is 1.64. The number of ether oxygens (including phenoxy) is 1. The SMILES string of the molecule is CCOc1ccc(-n2c(SCc3ccc(C(C)(C)C)cc3)nnc2-c2ccccc2)cc1. The molecule has 0 fully saturated rings. The summed E-state index contributed by atoms with van der Waals surface area (Å²) >= 11 is 1.70. The van der Waals surface area contributed by atoms with Crippen molar-refractivity contribution in [2.45, 2.75) is 44.0 Å². The van der Waals surface area contributed by atoms with E-state index in [9.17, 15) is 0 Å². The molecule has 0 bridgehead atoms. The Morgan fingerprint density at radius 1 is 0.844 bits per heavy atom. The molecule has 164 valence electrons. The van der Waals surface area contributed by atoms with E-state index in [0.717, 1.165) is 33.7 Å². The number of thioether (sulfide) groups is 1. The molecule has 0 aliphatic heterocycles. The molecule has 0 atom stereocenters. The fraction of sp³-hybridized carbons (Fsp3) is 0.259. The van der Waals surface area contributed by atoms with Crippen molar-refractivity contribution in [3.05, 3.63) is 90.0 Å². The Bertz CT molecular complexity index is 1140. The predicted octanol–water partition coefficient (Wildman–Crippen LogP) is 6.92. The van der Waals surface area contributed by atoms with Crippen LogP contribution in [0, 0.1) is 0 Å². The van der Waals surface area contributed by atoms with Gasteiger partial charge in [-0.25, -0.2) is 0 Å². The highest BCUT2D eigenvalue weighted by atomic mass is 32.2. The van der Waals surface area contributed by atoms with Crippen LogP contribution in [0.25, 0.3) is 17.1 Å². The van der Waals surface area contributed by atoms with E-state index in [1.165, 1.54) is 11.1 Å². The van der Waals surface area contributed by atoms with E-state index in [1.807, 2.05) is 37.3 Å². The van der Waals surface area contributed by atoms with Gasteiger partial charge in [0, 0.05) is 17.0 Å². The molecular weight excluding hydrogens is 414 g/mol. The molecule has 0 radical (unpaired) electrons. The van der Waals surface area contributed by atoms with Gasteiger partial charge in [0.2, 0.25) is 0 Å². The third-order valence-corrected chi connectivity index (χ3v) is 6.26. The number of benzene rings is 3. The van der Waals surface area contributed by atoms with Crippen LogP contribution in [0.15, 0.2) is 84.0 Å². The van der Waals surface area contributed by atoms with E-state index in [1.54, 1.807) is 11.8 Å². The van der Waals surface area contributed by atoms with Gasteiger partial charge in [-0.15, -0.1) is 10.2 Å². The molecule has 1 aromatic heterocycles. The average molecular weight is 444 g/mol. The second-order valence-corrected chi connectivity index (χ2v) is 9.61. The summed E-state index contributed by atoms with van der Waals surface area (Å²) in [5, 5.41) is 9.95. The third kappa shape index (κ3) is 5.05. The van der Waals surface area contributed by atoms with Crippen LogP contribution in [0.4, 0.5) is 0 Å². The molecule has 3 aromatic carbocycles. The topological polar surface area (TPSA) is 39.9 Å². The largest absolute Gasteiger partial charge is 0.494 e. The first-order chi connectivity index (χ1) is 15.5. The molecule has 0 spiro atoms. The fourth-order valence-electron chi connectivity index (χ4n) is 3.48. The molecule has 0 amide bonds. The zero-order valence-electron chi connectivity index (χ0n) is 19.1. The van der Waals surface area contributed by atoms with Crippen LogP contribution in [-0.4, -0.2) is 21.4 Å². The summed E-state index contributed by atoms with van der Waals surface area (Å²) in [6.45, 7) is 9.35. The van der Waals surface area contributed by atoms with Crippen LogP contribution in [0.1, 0.15) is 38.8 Å². The second kappa shape index (κ2) is 9.61. The van der Waals surface area contributed by atoms with Gasteiger partial charge in [0.15, 0.2) is 11.0 Å². The Hall–Kier alpha value is -3.05. The number of rotatable bonds is 7. The number of hydrogen-bond donors (Lipinski definition) is 0. The van der Waals surface area contributed by atoms with Crippen molar-refractivity contribution < 1.29 is 4.74 Å². The molecule has 4 nitrogen and oxygen atoms in total. The van der Waals surface area contributed by atoms with Crippen LogP contribution in [0.3, 0.4) is 0 Å². The van der Waals surface area contributed by atoms with Gasteiger partial charge in [-0.2, -0.15) is 0 Å². The van der Waals surface area contributed by atoms with E-state index in [0.29, 0.717) is 6.61 Å². The minimum Gasteiger partial charge on any atom is -0.494 e. The molecule has 0 saturated heterocycles. The van der Waals surface area contributed by atoms with Gasteiger partial charge in [0.25, 0.3) is 0 Å². The van der Waals surface area contributed by atoms with Gasteiger partial charge in [0.05, 0.1) is 6.61 Å². The van der Waals surface area contributed by atoms with Gasteiger partial charge in [-0.3, -0.25) is 4.57 Å². The lowest BCUT2D eigenvalue weighted by molar-refractivity contribution is 0.340. The highest BCUT2D eigenvalue weighted by Gasteiger charge is 2.17. The summed E-state index contributed by atoms with van der Waals surface area (Å²) in [6.07, 6.45) is 0. The maximum absolute atomic E-state index is 5.62. The first-order valence-electron chi connectivity index (χ1n) is 10.9. The van der Waals surface area contributed by atoms with Crippen molar-refractivity contribution in [2.24, 2.45) is 0 Å². The average Bonchev–Trinajstić information content (AvgIpc) is 3.23. The summed E-state index contributed by atoms with van der Waals surface area (Å²) in [7, 11) is 0. The Morgan fingerprint density at radius 2 is 1.53 bits per heavy atom. The zero-order valence-corrected chi connectivity index (χ0v) is 19.9. The van der Waals surface area contributed by atoms with E-state index in [4.69, 9.17) is 4.74 Å². The highest BCUT2D eigenvalue weighted by Crippen LogP contribution is 2.31. The maximum atomic E-state index is 5.62. The summed E-state index contributed by atoms with van der Waals surface area (Å²) in [4.78, 5) is 0. The molecule has 4 aromatic rings. The lowest BCUT2D eigenvalue weighted by Crippen LogP contribution is -2.10. The number of nitrogens with zero attached hydrogens (tertiary/aromatic N) is 3. The Morgan fingerprint density at radius 3 is 2.16 bits per heavy atom. The van der Waals surface area contributed by atoms with Gasteiger partial charge in [-0.1, -0.05) is 87.1 Å². The Kier molecular flexibility index (Phi) is 6.66. The van der Waals surface area contributed by atoms with E-state index >= 15 is 0 Å².